The number of benzene rings is 2. The molecule has 1 amide bonds. The number of hydrogen-bond donors (Lipinski definition) is 2. The number of ether oxygens (including phenoxy) is 3. The molecule has 2 rings (SSSR count). The van der Waals surface area contributed by atoms with Crippen LogP contribution >= 0.6 is 27.5 Å². The maximum atomic E-state index is 12.3. The maximum Gasteiger partial charge on any atom is 0.243 e. The molecule has 0 fully saturated rings. The van der Waals surface area contributed by atoms with Gasteiger partial charge in [0.15, 0.2) is 5.75 Å². The summed E-state index contributed by atoms with van der Waals surface area (Å²) in [5.74, 6) is 1.50. The van der Waals surface area contributed by atoms with Gasteiger partial charge in [0.05, 0.1) is 43.2 Å². The fraction of sp³-hybridized carbons (Fsp3) is 0.278. The summed E-state index contributed by atoms with van der Waals surface area (Å²) in [4.78, 5) is 12.3. The lowest BCUT2D eigenvalue weighted by molar-refractivity contribution is -0.114. The van der Waals surface area contributed by atoms with Gasteiger partial charge in [0.25, 0.3) is 0 Å². The summed E-state index contributed by atoms with van der Waals surface area (Å²) < 4.78 is 16.7. The molecule has 0 aromatic heterocycles. The van der Waals surface area contributed by atoms with Gasteiger partial charge in [-0.15, -0.1) is 0 Å². The molecular formula is C18H20BrClN2O4. The van der Waals surface area contributed by atoms with E-state index in [9.17, 15) is 4.79 Å². The van der Waals surface area contributed by atoms with Crippen LogP contribution in [0.1, 0.15) is 6.92 Å². The molecule has 0 saturated carbocycles. The molecule has 0 heterocycles. The quantitative estimate of drug-likeness (QED) is 0.625. The van der Waals surface area contributed by atoms with Crippen LogP contribution in [0.4, 0.5) is 11.4 Å². The third kappa shape index (κ3) is 5.19. The summed E-state index contributed by atoms with van der Waals surface area (Å²) in [5, 5.41) is 6.36. The van der Waals surface area contributed by atoms with Crippen molar-refractivity contribution in [3.63, 3.8) is 0 Å². The van der Waals surface area contributed by atoms with Gasteiger partial charge >= 0.3 is 0 Å². The van der Waals surface area contributed by atoms with Crippen molar-refractivity contribution in [2.75, 3.05) is 38.0 Å². The second-order valence-electron chi connectivity index (χ2n) is 5.17. The molecule has 0 radical (unpaired) electrons. The first kappa shape index (κ1) is 20.2. The Balaban J connectivity index is 2.10. The number of hydrogen-bond acceptors (Lipinski definition) is 5. The van der Waals surface area contributed by atoms with Crippen molar-refractivity contribution < 1.29 is 19.0 Å². The van der Waals surface area contributed by atoms with Gasteiger partial charge in [-0.2, -0.15) is 0 Å². The Kier molecular flexibility index (Phi) is 7.41. The number of carbonyl (C=O) groups is 1. The first-order valence-corrected chi connectivity index (χ1v) is 9.03. The van der Waals surface area contributed by atoms with Crippen LogP contribution in [-0.4, -0.2) is 33.3 Å². The van der Waals surface area contributed by atoms with Crippen LogP contribution < -0.4 is 24.8 Å². The highest BCUT2D eigenvalue weighted by Gasteiger charge is 2.13. The minimum atomic E-state index is -0.255. The van der Waals surface area contributed by atoms with Crippen LogP contribution in [0, 0.1) is 0 Å². The molecule has 6 nitrogen and oxygen atoms in total. The van der Waals surface area contributed by atoms with Gasteiger partial charge in [0, 0.05) is 11.1 Å². The number of carbonyl (C=O) groups excluding carboxylic acids is 1. The molecule has 2 aromatic carbocycles. The second kappa shape index (κ2) is 9.54. The van der Waals surface area contributed by atoms with Crippen LogP contribution in [0.2, 0.25) is 5.02 Å². The summed E-state index contributed by atoms with van der Waals surface area (Å²) in [6.45, 7) is 2.39. The van der Waals surface area contributed by atoms with E-state index in [0.29, 0.717) is 44.7 Å². The van der Waals surface area contributed by atoms with Crippen LogP contribution in [0.5, 0.6) is 17.2 Å². The molecule has 8 heteroatoms. The summed E-state index contributed by atoms with van der Waals surface area (Å²) in [6.07, 6.45) is 0. The molecule has 0 bridgehead atoms. The van der Waals surface area contributed by atoms with Gasteiger partial charge in [0.1, 0.15) is 11.5 Å². The highest BCUT2D eigenvalue weighted by Crippen LogP contribution is 2.36. The van der Waals surface area contributed by atoms with E-state index in [1.807, 2.05) is 6.92 Å². The molecular weight excluding hydrogens is 424 g/mol. The zero-order chi connectivity index (χ0) is 19.1. The third-order valence-corrected chi connectivity index (χ3v) is 4.22. The average molecular weight is 444 g/mol. The Hall–Kier alpha value is -2.12. The van der Waals surface area contributed by atoms with Crippen LogP contribution in [0.15, 0.2) is 34.8 Å². The van der Waals surface area contributed by atoms with E-state index < -0.39 is 0 Å². The maximum absolute atomic E-state index is 12.3. The molecule has 2 N–H and O–H groups in total. The first-order chi connectivity index (χ1) is 12.5. The monoisotopic (exact) mass is 442 g/mol. The molecule has 0 saturated heterocycles. The fourth-order valence-corrected chi connectivity index (χ4v) is 3.19. The van der Waals surface area contributed by atoms with Gasteiger partial charge in [-0.1, -0.05) is 11.6 Å². The standard InChI is InChI=1S/C18H20BrClN2O4/c1-4-26-18-13(19)7-11(20)8-15(18)21-10-17(23)22-14-9-12(24-2)5-6-16(14)25-3/h5-9,21H,4,10H2,1-3H3,(H,22,23). The topological polar surface area (TPSA) is 68.8 Å². The fourth-order valence-electron chi connectivity index (χ4n) is 2.26. The Bertz CT molecular complexity index is 786. The number of nitrogens with one attached hydrogen (secondary N) is 2. The normalized spacial score (nSPS) is 10.2. The molecule has 0 atom stereocenters. The van der Waals surface area contributed by atoms with Gasteiger partial charge in [-0.05, 0) is 47.1 Å². The van der Waals surface area contributed by atoms with Crippen LogP contribution in [0.25, 0.3) is 0 Å². The zero-order valence-electron chi connectivity index (χ0n) is 14.7. The molecule has 0 aliphatic rings. The van der Waals surface area contributed by atoms with E-state index in [1.165, 1.54) is 7.11 Å². The number of amides is 1. The molecule has 0 aliphatic carbocycles. The molecule has 140 valence electrons. The third-order valence-electron chi connectivity index (χ3n) is 3.42. The van der Waals surface area contributed by atoms with E-state index in [1.54, 1.807) is 37.4 Å². The minimum absolute atomic E-state index is 0.0211. The number of methoxy groups -OCH3 is 2. The van der Waals surface area contributed by atoms with Crippen LogP contribution in [0.3, 0.4) is 0 Å². The highest BCUT2D eigenvalue weighted by molar-refractivity contribution is 9.10. The smallest absolute Gasteiger partial charge is 0.243 e. The number of rotatable bonds is 8. The summed E-state index contributed by atoms with van der Waals surface area (Å²) in [5.41, 5.74) is 1.15. The molecule has 0 aliphatic heterocycles. The van der Waals surface area contributed by atoms with Crippen molar-refractivity contribution in [3.8, 4) is 17.2 Å². The van der Waals surface area contributed by atoms with Crippen molar-refractivity contribution in [1.82, 2.24) is 0 Å². The predicted octanol–water partition coefficient (Wildman–Crippen LogP) is 4.57. The van der Waals surface area contributed by atoms with Crippen molar-refractivity contribution in [3.05, 3.63) is 39.8 Å². The SMILES string of the molecule is CCOc1c(Br)cc(Cl)cc1NCC(=O)Nc1cc(OC)ccc1OC. The van der Waals surface area contributed by atoms with Gasteiger partial charge < -0.3 is 24.8 Å². The van der Waals surface area contributed by atoms with Crippen molar-refractivity contribution in [1.29, 1.82) is 0 Å². The van der Waals surface area contributed by atoms with Crippen molar-refractivity contribution >= 4 is 44.8 Å². The molecule has 0 spiro atoms. The number of halogens is 2. The summed E-state index contributed by atoms with van der Waals surface area (Å²) >= 11 is 9.50. The Labute approximate surface area is 165 Å². The lowest BCUT2D eigenvalue weighted by Gasteiger charge is -2.15. The lowest BCUT2D eigenvalue weighted by Crippen LogP contribution is -2.22. The van der Waals surface area contributed by atoms with E-state index in [2.05, 4.69) is 26.6 Å². The van der Waals surface area contributed by atoms with E-state index >= 15 is 0 Å². The van der Waals surface area contributed by atoms with Crippen molar-refractivity contribution in [2.24, 2.45) is 0 Å². The van der Waals surface area contributed by atoms with Gasteiger partial charge in [-0.3, -0.25) is 4.79 Å². The van der Waals surface area contributed by atoms with E-state index in [0.717, 1.165) is 0 Å². The Morgan fingerprint density at radius 1 is 1.15 bits per heavy atom. The van der Waals surface area contributed by atoms with Gasteiger partial charge in [0.2, 0.25) is 5.91 Å². The largest absolute Gasteiger partial charge is 0.497 e. The molecule has 0 unspecified atom stereocenters. The highest BCUT2D eigenvalue weighted by atomic mass is 79.9. The number of anilines is 2. The molecule has 26 heavy (non-hydrogen) atoms. The Morgan fingerprint density at radius 3 is 2.58 bits per heavy atom. The Morgan fingerprint density at radius 2 is 1.92 bits per heavy atom. The van der Waals surface area contributed by atoms with E-state index in [-0.39, 0.29) is 12.5 Å². The zero-order valence-corrected chi connectivity index (χ0v) is 17.0. The minimum Gasteiger partial charge on any atom is -0.497 e. The summed E-state index contributed by atoms with van der Waals surface area (Å²) in [7, 11) is 3.09. The second-order valence-corrected chi connectivity index (χ2v) is 6.46. The first-order valence-electron chi connectivity index (χ1n) is 7.86. The van der Waals surface area contributed by atoms with Crippen molar-refractivity contribution in [2.45, 2.75) is 6.92 Å². The lowest BCUT2D eigenvalue weighted by atomic mass is 10.2. The summed E-state index contributed by atoms with van der Waals surface area (Å²) in [6, 6.07) is 8.61. The molecule has 2 aromatic rings. The van der Waals surface area contributed by atoms with Gasteiger partial charge in [-0.25, -0.2) is 0 Å². The van der Waals surface area contributed by atoms with E-state index in [4.69, 9.17) is 25.8 Å². The average Bonchev–Trinajstić information content (AvgIpc) is 2.62. The predicted molar refractivity (Wildman–Crippen MR) is 107 cm³/mol. The van der Waals surface area contributed by atoms with Crippen LogP contribution in [-0.2, 0) is 4.79 Å².